The molecule has 0 bridgehead atoms. The van der Waals surface area contributed by atoms with Gasteiger partial charge >= 0.3 is 29.9 Å². The Labute approximate surface area is 239 Å². The van der Waals surface area contributed by atoms with Crippen LogP contribution in [0.4, 0.5) is 26.3 Å². The lowest BCUT2D eigenvalue weighted by atomic mass is 9.85. The average molecular weight is 608 g/mol. The van der Waals surface area contributed by atoms with E-state index in [1.807, 2.05) is 0 Å². The molecule has 0 aromatic heterocycles. The SMILES string of the molecule is [B]Cc1cc(C[B])c(OC(=O)c2cccc3c(C(=O)OC(CS(=O)(=O)O)(C(F)(F)F)C(F)(F)F)cccc23)c(C[B])c1. The molecule has 3 rings (SSSR count). The summed E-state index contributed by atoms with van der Waals surface area (Å²) in [6.45, 7) is 0. The molecule has 0 saturated carbocycles. The highest BCUT2D eigenvalue weighted by atomic mass is 32.2. The number of hydrogen-bond acceptors (Lipinski definition) is 6. The fourth-order valence-electron chi connectivity index (χ4n) is 4.13. The molecular weight excluding hydrogens is 591 g/mol. The summed E-state index contributed by atoms with van der Waals surface area (Å²) in [5.41, 5.74) is -5.38. The van der Waals surface area contributed by atoms with E-state index in [2.05, 4.69) is 4.74 Å². The lowest BCUT2D eigenvalue weighted by Crippen LogP contribution is -2.63. The van der Waals surface area contributed by atoms with Gasteiger partial charge < -0.3 is 9.47 Å². The molecule has 42 heavy (non-hydrogen) atoms. The first-order valence-corrected chi connectivity index (χ1v) is 13.3. The van der Waals surface area contributed by atoms with Crippen molar-refractivity contribution in [2.45, 2.75) is 36.9 Å². The number of rotatable bonds is 9. The van der Waals surface area contributed by atoms with Crippen LogP contribution in [0.15, 0.2) is 48.5 Å². The summed E-state index contributed by atoms with van der Waals surface area (Å²) in [4.78, 5) is 26.0. The number of ether oxygens (including phenoxy) is 2. The number of carbonyl (C=O) groups is 2. The van der Waals surface area contributed by atoms with Gasteiger partial charge in [0.15, 0.2) is 0 Å². The monoisotopic (exact) mass is 608 g/mol. The molecule has 0 spiro atoms. The molecule has 1 N–H and O–H groups in total. The van der Waals surface area contributed by atoms with Gasteiger partial charge in [-0.25, -0.2) is 9.59 Å². The van der Waals surface area contributed by atoms with Gasteiger partial charge in [-0.2, -0.15) is 34.8 Å². The first-order chi connectivity index (χ1) is 19.4. The van der Waals surface area contributed by atoms with Gasteiger partial charge in [-0.15, -0.1) is 0 Å². The number of hydrogen-bond donors (Lipinski definition) is 1. The van der Waals surface area contributed by atoms with Crippen LogP contribution in [0.5, 0.6) is 5.75 Å². The van der Waals surface area contributed by atoms with Crippen molar-refractivity contribution < 1.29 is 58.4 Å². The number of esters is 2. The maximum atomic E-state index is 13.7. The third kappa shape index (κ3) is 6.62. The van der Waals surface area contributed by atoms with Crippen LogP contribution in [-0.4, -0.2) is 72.2 Å². The molecule has 0 aliphatic heterocycles. The molecule has 3 aromatic rings. The summed E-state index contributed by atoms with van der Waals surface area (Å²) < 4.78 is 123. The second-order valence-corrected chi connectivity index (χ2v) is 10.3. The third-order valence-electron chi connectivity index (χ3n) is 6.10. The average Bonchev–Trinajstić information content (AvgIpc) is 2.89. The van der Waals surface area contributed by atoms with Crippen molar-refractivity contribution in [2.75, 3.05) is 5.75 Å². The van der Waals surface area contributed by atoms with Gasteiger partial charge in [0.2, 0.25) is 0 Å². The Balaban J connectivity index is 2.11. The highest BCUT2D eigenvalue weighted by Crippen LogP contribution is 2.47. The third-order valence-corrected chi connectivity index (χ3v) is 6.87. The Morgan fingerprint density at radius 3 is 1.60 bits per heavy atom. The summed E-state index contributed by atoms with van der Waals surface area (Å²) in [7, 11) is 11.2. The largest absolute Gasteiger partial charge is 0.438 e. The van der Waals surface area contributed by atoms with Crippen LogP contribution in [0.1, 0.15) is 37.4 Å². The number of carbonyl (C=O) groups excluding carboxylic acids is 2. The van der Waals surface area contributed by atoms with Crippen LogP contribution in [0.2, 0.25) is 0 Å². The number of fused-ring (bicyclic) bond motifs is 1. The van der Waals surface area contributed by atoms with E-state index >= 15 is 0 Å². The molecule has 0 amide bonds. The summed E-state index contributed by atoms with van der Waals surface area (Å²) in [5.74, 6) is -6.31. The summed E-state index contributed by atoms with van der Waals surface area (Å²) in [6.07, 6.45) is -13.1. The van der Waals surface area contributed by atoms with Gasteiger partial charge in [0.1, 0.15) is 11.5 Å². The predicted octanol–water partition coefficient (Wildman–Crippen LogP) is 3.97. The van der Waals surface area contributed by atoms with Crippen LogP contribution >= 0.6 is 0 Å². The zero-order valence-electron chi connectivity index (χ0n) is 21.3. The zero-order chi connectivity index (χ0) is 31.7. The van der Waals surface area contributed by atoms with Gasteiger partial charge in [-0.3, -0.25) is 4.55 Å². The summed E-state index contributed by atoms with van der Waals surface area (Å²) in [6, 6.07) is 9.71. The minimum Gasteiger partial charge on any atom is -0.435 e. The Bertz CT molecular complexity index is 1590. The molecule has 0 unspecified atom stereocenters. The molecule has 0 heterocycles. The standard InChI is InChI=1S/C25H17B3F6O7S/c26-9-13-7-14(10-27)20(15(8-13)11-28)40-21(35)18-5-1-4-17-16(18)3-2-6-19(17)22(36)41-23(24(29,30)31,25(32,33)34)12-42(37,38)39/h1-8H,9-12H2,(H,37,38,39). The highest BCUT2D eigenvalue weighted by molar-refractivity contribution is 7.85. The van der Waals surface area contributed by atoms with Crippen molar-refractivity contribution in [3.05, 3.63) is 76.3 Å². The van der Waals surface area contributed by atoms with Gasteiger partial charge in [-0.1, -0.05) is 60.9 Å². The van der Waals surface area contributed by atoms with Crippen molar-refractivity contribution >= 4 is 56.4 Å². The first kappa shape index (κ1) is 33.1. The second-order valence-electron chi connectivity index (χ2n) is 8.89. The normalized spacial score (nSPS) is 12.7. The summed E-state index contributed by atoms with van der Waals surface area (Å²) in [5, 5.41) is -0.475. The van der Waals surface area contributed by atoms with Gasteiger partial charge in [0.05, 0.1) is 34.7 Å². The maximum absolute atomic E-state index is 13.7. The lowest BCUT2D eigenvalue weighted by molar-refractivity contribution is -0.356. The van der Waals surface area contributed by atoms with Crippen LogP contribution < -0.4 is 4.74 Å². The molecule has 0 fully saturated rings. The van der Waals surface area contributed by atoms with Crippen molar-refractivity contribution in [3.63, 3.8) is 0 Å². The Morgan fingerprint density at radius 1 is 0.762 bits per heavy atom. The Kier molecular flexibility index (Phi) is 9.47. The molecule has 0 aliphatic carbocycles. The van der Waals surface area contributed by atoms with E-state index in [9.17, 15) is 44.3 Å². The highest BCUT2D eigenvalue weighted by Gasteiger charge is 2.76. The van der Waals surface area contributed by atoms with Crippen molar-refractivity contribution in [1.82, 2.24) is 0 Å². The molecule has 0 aliphatic rings. The van der Waals surface area contributed by atoms with E-state index in [0.717, 1.165) is 18.2 Å². The maximum Gasteiger partial charge on any atom is 0.438 e. The molecule has 216 valence electrons. The molecule has 0 saturated heterocycles. The van der Waals surface area contributed by atoms with Gasteiger partial charge in [-0.05, 0) is 34.0 Å². The molecule has 0 atom stereocenters. The van der Waals surface area contributed by atoms with E-state index in [0.29, 0.717) is 16.7 Å². The van der Waals surface area contributed by atoms with Gasteiger partial charge in [0, 0.05) is 0 Å². The summed E-state index contributed by atoms with van der Waals surface area (Å²) >= 11 is 0. The fourth-order valence-corrected chi connectivity index (χ4v) is 5.03. The van der Waals surface area contributed by atoms with Crippen LogP contribution in [0.25, 0.3) is 10.8 Å². The van der Waals surface area contributed by atoms with Gasteiger partial charge in [0.25, 0.3) is 10.1 Å². The van der Waals surface area contributed by atoms with E-state index in [1.54, 1.807) is 12.1 Å². The Hall–Kier alpha value is -3.46. The van der Waals surface area contributed by atoms with Crippen LogP contribution in [0.3, 0.4) is 0 Å². The molecule has 3 aromatic carbocycles. The van der Waals surface area contributed by atoms with Crippen LogP contribution in [0, 0.1) is 0 Å². The number of alkyl halides is 6. The molecule has 7 nitrogen and oxygen atoms in total. The molecule has 17 heteroatoms. The predicted molar refractivity (Wildman–Crippen MR) is 140 cm³/mol. The minimum absolute atomic E-state index is 0.0140. The number of benzene rings is 3. The Morgan fingerprint density at radius 2 is 1.21 bits per heavy atom. The number of halogens is 6. The van der Waals surface area contributed by atoms with Crippen molar-refractivity contribution in [2.24, 2.45) is 0 Å². The molecule has 6 radical (unpaired) electrons. The van der Waals surface area contributed by atoms with E-state index in [-0.39, 0.29) is 41.0 Å². The zero-order valence-corrected chi connectivity index (χ0v) is 22.1. The topological polar surface area (TPSA) is 107 Å². The quantitative estimate of drug-likeness (QED) is 0.129. The van der Waals surface area contributed by atoms with E-state index in [4.69, 9.17) is 32.8 Å². The lowest BCUT2D eigenvalue weighted by Gasteiger charge is -2.35. The van der Waals surface area contributed by atoms with Crippen molar-refractivity contribution in [3.8, 4) is 5.75 Å². The first-order valence-electron chi connectivity index (χ1n) is 11.7. The van der Waals surface area contributed by atoms with E-state index in [1.165, 1.54) is 18.2 Å². The fraction of sp³-hybridized carbons (Fsp3) is 0.280. The molecular formula is C25H17B3F6O7S. The second kappa shape index (κ2) is 12.0. The minimum atomic E-state index is -6.52. The van der Waals surface area contributed by atoms with E-state index < -0.39 is 51.3 Å². The smallest absolute Gasteiger partial charge is 0.435 e. The van der Waals surface area contributed by atoms with Crippen molar-refractivity contribution in [1.29, 1.82) is 0 Å². The van der Waals surface area contributed by atoms with Crippen LogP contribution in [-0.2, 0) is 33.8 Å².